The fraction of sp³-hybridized carbons (Fsp3) is 0.533. The SMILES string of the molecule is C[C@@H]1OCC[C@H]1S(=O)(=O)NCCCc1nc2ccccc2s1. The minimum absolute atomic E-state index is 0.221. The number of nitrogens with one attached hydrogen (secondary N) is 1. The summed E-state index contributed by atoms with van der Waals surface area (Å²) in [7, 11) is -3.28. The number of benzene rings is 1. The van der Waals surface area contributed by atoms with Crippen LogP contribution in [0.4, 0.5) is 0 Å². The third kappa shape index (κ3) is 3.48. The molecule has 3 rings (SSSR count). The zero-order chi connectivity index (χ0) is 15.6. The lowest BCUT2D eigenvalue weighted by Gasteiger charge is -2.15. The lowest BCUT2D eigenvalue weighted by atomic mass is 10.3. The molecule has 2 atom stereocenters. The van der Waals surface area contributed by atoms with Gasteiger partial charge in [0.2, 0.25) is 10.0 Å². The summed E-state index contributed by atoms with van der Waals surface area (Å²) >= 11 is 1.67. The summed E-state index contributed by atoms with van der Waals surface area (Å²) in [4.78, 5) is 4.56. The Kier molecular flexibility index (Phi) is 4.77. The van der Waals surface area contributed by atoms with E-state index in [1.165, 1.54) is 4.70 Å². The fourth-order valence-corrected chi connectivity index (χ4v) is 5.35. The van der Waals surface area contributed by atoms with Gasteiger partial charge in [-0.3, -0.25) is 0 Å². The van der Waals surface area contributed by atoms with Crippen LogP contribution in [0.1, 0.15) is 24.8 Å². The second-order valence-corrected chi connectivity index (χ2v) is 8.62. The van der Waals surface area contributed by atoms with Gasteiger partial charge in [-0.1, -0.05) is 12.1 Å². The van der Waals surface area contributed by atoms with Crippen molar-refractivity contribution in [2.24, 2.45) is 0 Å². The Hall–Kier alpha value is -1.02. The molecule has 7 heteroatoms. The average Bonchev–Trinajstić information content (AvgIpc) is 3.09. The zero-order valence-corrected chi connectivity index (χ0v) is 14.1. The summed E-state index contributed by atoms with van der Waals surface area (Å²) < 4.78 is 33.6. The van der Waals surface area contributed by atoms with Gasteiger partial charge in [-0.15, -0.1) is 11.3 Å². The number of ether oxygens (including phenoxy) is 1. The molecular formula is C15H20N2O3S2. The molecular weight excluding hydrogens is 320 g/mol. The number of fused-ring (bicyclic) bond motifs is 1. The summed E-state index contributed by atoms with van der Waals surface area (Å²) in [5.41, 5.74) is 1.01. The maximum absolute atomic E-state index is 12.2. The number of hydrogen-bond acceptors (Lipinski definition) is 5. The van der Waals surface area contributed by atoms with Gasteiger partial charge in [0.25, 0.3) is 0 Å². The summed E-state index contributed by atoms with van der Waals surface area (Å²) in [5, 5.41) is 0.632. The van der Waals surface area contributed by atoms with E-state index >= 15 is 0 Å². The normalized spacial score (nSPS) is 22.4. The van der Waals surface area contributed by atoms with E-state index in [1.54, 1.807) is 11.3 Å². The highest BCUT2D eigenvalue weighted by atomic mass is 32.2. The molecule has 0 amide bonds. The van der Waals surface area contributed by atoms with Crippen LogP contribution in [0.2, 0.25) is 0 Å². The van der Waals surface area contributed by atoms with Crippen molar-refractivity contribution in [3.05, 3.63) is 29.3 Å². The number of rotatable bonds is 6. The first-order chi connectivity index (χ1) is 10.6. The Morgan fingerprint density at radius 2 is 2.23 bits per heavy atom. The third-order valence-corrected chi connectivity index (χ3v) is 7.03. The molecule has 0 aliphatic carbocycles. The number of thiazole rings is 1. The van der Waals surface area contributed by atoms with Crippen LogP contribution in [0.5, 0.6) is 0 Å². The highest BCUT2D eigenvalue weighted by Crippen LogP contribution is 2.23. The molecule has 1 saturated heterocycles. The van der Waals surface area contributed by atoms with E-state index in [2.05, 4.69) is 15.8 Å². The van der Waals surface area contributed by atoms with Gasteiger partial charge in [0.15, 0.2) is 0 Å². The van der Waals surface area contributed by atoms with Crippen molar-refractivity contribution in [3.63, 3.8) is 0 Å². The van der Waals surface area contributed by atoms with Crippen LogP contribution >= 0.6 is 11.3 Å². The summed E-state index contributed by atoms with van der Waals surface area (Å²) in [6.45, 7) is 2.79. The Labute approximate surface area is 134 Å². The van der Waals surface area contributed by atoms with Crippen LogP contribution in [0.15, 0.2) is 24.3 Å². The second-order valence-electron chi connectivity index (χ2n) is 5.52. The molecule has 1 aliphatic rings. The minimum Gasteiger partial charge on any atom is -0.377 e. The molecule has 22 heavy (non-hydrogen) atoms. The molecule has 0 saturated carbocycles. The molecule has 120 valence electrons. The molecule has 1 aromatic heterocycles. The van der Waals surface area contributed by atoms with E-state index in [4.69, 9.17) is 4.74 Å². The van der Waals surface area contributed by atoms with Crippen LogP contribution in [-0.4, -0.2) is 37.9 Å². The van der Waals surface area contributed by atoms with Crippen molar-refractivity contribution in [2.45, 2.75) is 37.5 Å². The predicted molar refractivity (Wildman–Crippen MR) is 88.7 cm³/mol. The second kappa shape index (κ2) is 6.62. The van der Waals surface area contributed by atoms with Gasteiger partial charge in [0, 0.05) is 19.6 Å². The molecule has 1 aliphatic heterocycles. The van der Waals surface area contributed by atoms with Crippen molar-refractivity contribution in [2.75, 3.05) is 13.2 Å². The highest BCUT2D eigenvalue weighted by Gasteiger charge is 2.35. The number of hydrogen-bond donors (Lipinski definition) is 1. The number of aromatic nitrogens is 1. The molecule has 0 spiro atoms. The third-order valence-electron chi connectivity index (χ3n) is 3.91. The van der Waals surface area contributed by atoms with Crippen LogP contribution in [-0.2, 0) is 21.2 Å². The van der Waals surface area contributed by atoms with E-state index < -0.39 is 15.3 Å². The first kappa shape index (κ1) is 15.9. The molecule has 0 unspecified atom stereocenters. The summed E-state index contributed by atoms with van der Waals surface area (Å²) in [6.07, 6.45) is 1.90. The Morgan fingerprint density at radius 1 is 1.41 bits per heavy atom. The zero-order valence-electron chi connectivity index (χ0n) is 12.5. The minimum atomic E-state index is -3.28. The quantitative estimate of drug-likeness (QED) is 0.820. The van der Waals surface area contributed by atoms with E-state index in [-0.39, 0.29) is 6.10 Å². The van der Waals surface area contributed by atoms with E-state index in [0.29, 0.717) is 19.6 Å². The number of sulfonamides is 1. The average molecular weight is 340 g/mol. The first-order valence-electron chi connectivity index (χ1n) is 7.51. The molecule has 5 nitrogen and oxygen atoms in total. The Balaban J connectivity index is 1.51. The summed E-state index contributed by atoms with van der Waals surface area (Å²) in [6, 6.07) is 8.04. The Morgan fingerprint density at radius 3 is 2.95 bits per heavy atom. The van der Waals surface area contributed by atoms with Crippen LogP contribution in [0, 0.1) is 0 Å². The van der Waals surface area contributed by atoms with Crippen molar-refractivity contribution >= 4 is 31.6 Å². The largest absolute Gasteiger partial charge is 0.377 e. The van der Waals surface area contributed by atoms with E-state index in [1.807, 2.05) is 25.1 Å². The maximum Gasteiger partial charge on any atom is 0.217 e. The van der Waals surface area contributed by atoms with Crippen LogP contribution < -0.4 is 4.72 Å². The number of nitrogens with zero attached hydrogens (tertiary/aromatic N) is 1. The van der Waals surface area contributed by atoms with Gasteiger partial charge in [0.1, 0.15) is 5.25 Å². The van der Waals surface area contributed by atoms with Gasteiger partial charge in [0.05, 0.1) is 21.3 Å². The molecule has 0 radical (unpaired) electrons. The lowest BCUT2D eigenvalue weighted by molar-refractivity contribution is 0.126. The molecule has 1 N–H and O–H groups in total. The van der Waals surface area contributed by atoms with E-state index in [9.17, 15) is 8.42 Å². The van der Waals surface area contributed by atoms with Gasteiger partial charge < -0.3 is 4.74 Å². The van der Waals surface area contributed by atoms with Crippen molar-refractivity contribution in [1.82, 2.24) is 9.71 Å². The van der Waals surface area contributed by atoms with Gasteiger partial charge in [-0.2, -0.15) is 0 Å². The standard InChI is InChI=1S/C15H20N2O3S2/c1-11-14(8-10-20-11)22(18,19)16-9-4-7-15-17-12-5-2-3-6-13(12)21-15/h2-3,5-6,11,14,16H,4,7-10H2,1H3/t11-,14+/m0/s1. The van der Waals surface area contributed by atoms with Crippen molar-refractivity contribution < 1.29 is 13.2 Å². The molecule has 1 fully saturated rings. The fourth-order valence-electron chi connectivity index (χ4n) is 2.71. The maximum atomic E-state index is 12.2. The molecule has 0 bridgehead atoms. The highest BCUT2D eigenvalue weighted by molar-refractivity contribution is 7.90. The first-order valence-corrected chi connectivity index (χ1v) is 9.87. The molecule has 1 aromatic carbocycles. The Bertz CT molecular complexity index is 709. The van der Waals surface area contributed by atoms with Crippen molar-refractivity contribution in [3.8, 4) is 0 Å². The van der Waals surface area contributed by atoms with Gasteiger partial charge >= 0.3 is 0 Å². The monoisotopic (exact) mass is 340 g/mol. The van der Waals surface area contributed by atoms with Gasteiger partial charge in [-0.25, -0.2) is 18.1 Å². The predicted octanol–water partition coefficient (Wildman–Crippen LogP) is 2.33. The van der Waals surface area contributed by atoms with Crippen LogP contribution in [0.25, 0.3) is 10.2 Å². The lowest BCUT2D eigenvalue weighted by Crippen LogP contribution is -2.38. The smallest absolute Gasteiger partial charge is 0.217 e. The number of aryl methyl sites for hydroxylation is 1. The topological polar surface area (TPSA) is 68.3 Å². The van der Waals surface area contributed by atoms with E-state index in [0.717, 1.165) is 23.4 Å². The number of para-hydroxylation sites is 1. The summed E-state index contributed by atoms with van der Waals surface area (Å²) in [5.74, 6) is 0. The van der Waals surface area contributed by atoms with Crippen LogP contribution in [0.3, 0.4) is 0 Å². The van der Waals surface area contributed by atoms with Gasteiger partial charge in [-0.05, 0) is 31.9 Å². The molecule has 2 aromatic rings. The van der Waals surface area contributed by atoms with Crippen molar-refractivity contribution in [1.29, 1.82) is 0 Å². The molecule has 2 heterocycles.